The lowest BCUT2D eigenvalue weighted by atomic mass is 10.1. The van der Waals surface area contributed by atoms with Gasteiger partial charge in [0.25, 0.3) is 0 Å². The van der Waals surface area contributed by atoms with Crippen LogP contribution in [0.2, 0.25) is 0 Å². The summed E-state index contributed by atoms with van der Waals surface area (Å²) in [5, 5.41) is 0. The van der Waals surface area contributed by atoms with E-state index >= 15 is 0 Å². The zero-order chi connectivity index (χ0) is 17.8. The first-order chi connectivity index (χ1) is 11.5. The fourth-order valence-corrected chi connectivity index (χ4v) is 2.85. The van der Waals surface area contributed by atoms with E-state index in [2.05, 4.69) is 21.0 Å². The van der Waals surface area contributed by atoms with Crippen molar-refractivity contribution < 1.29 is 14.0 Å². The van der Waals surface area contributed by atoms with Crippen LogP contribution in [0.5, 0.6) is 5.75 Å². The van der Waals surface area contributed by atoms with Gasteiger partial charge >= 0.3 is 0 Å². The molecular formula is C21H36NO2+. The molecule has 24 heavy (non-hydrogen) atoms. The Labute approximate surface area is 148 Å². The Morgan fingerprint density at radius 2 is 1.62 bits per heavy atom. The maximum absolute atomic E-state index is 12.0. The summed E-state index contributed by atoms with van der Waals surface area (Å²) in [5.74, 6) is 0.871. The van der Waals surface area contributed by atoms with E-state index in [1.54, 1.807) is 0 Å². The molecule has 0 atom stereocenters. The number of unbranched alkanes of at least 4 members (excludes halogenated alkanes) is 5. The Hall–Kier alpha value is -1.35. The molecule has 0 aliphatic heterocycles. The van der Waals surface area contributed by atoms with Gasteiger partial charge in [-0.2, -0.15) is 0 Å². The monoisotopic (exact) mass is 334 g/mol. The molecule has 1 aromatic rings. The lowest BCUT2D eigenvalue weighted by molar-refractivity contribution is -0.890. The number of likely N-dealkylation sites (N-methyl/N-ethyl adjacent to an activating group) is 1. The van der Waals surface area contributed by atoms with Crippen LogP contribution in [0, 0.1) is 0 Å². The number of quaternary nitrogens is 1. The SMILES string of the molecule is CCCCCCCC[N+](C)(C)CCOc1ccccc1C(=O)CC. The maximum Gasteiger partial charge on any atom is 0.166 e. The number of ether oxygens (including phenoxy) is 1. The first-order valence-electron chi connectivity index (χ1n) is 9.57. The van der Waals surface area contributed by atoms with Crippen molar-refractivity contribution in [3.05, 3.63) is 29.8 Å². The first kappa shape index (κ1) is 20.7. The van der Waals surface area contributed by atoms with Crippen molar-refractivity contribution in [2.75, 3.05) is 33.8 Å². The maximum atomic E-state index is 12.0. The average molecular weight is 335 g/mol. The third-order valence-corrected chi connectivity index (χ3v) is 4.58. The van der Waals surface area contributed by atoms with Crippen molar-refractivity contribution in [1.82, 2.24) is 0 Å². The van der Waals surface area contributed by atoms with Crippen LogP contribution in [-0.4, -0.2) is 44.1 Å². The average Bonchev–Trinajstić information content (AvgIpc) is 2.57. The minimum absolute atomic E-state index is 0.145. The Bertz CT molecular complexity index is 482. The standard InChI is InChI=1S/C21H36NO2/c1-5-7-8-9-10-13-16-22(3,4)17-18-24-21-15-12-11-14-19(21)20(23)6-2/h11-12,14-15H,5-10,13,16-18H2,1-4H3/q+1. The fraction of sp³-hybridized carbons (Fsp3) is 0.667. The van der Waals surface area contributed by atoms with Gasteiger partial charge in [-0.3, -0.25) is 4.79 Å². The lowest BCUT2D eigenvalue weighted by Gasteiger charge is -2.29. The van der Waals surface area contributed by atoms with E-state index in [1.165, 1.54) is 45.1 Å². The van der Waals surface area contributed by atoms with Gasteiger partial charge in [-0.05, 0) is 25.0 Å². The summed E-state index contributed by atoms with van der Waals surface area (Å²) >= 11 is 0. The molecule has 0 amide bonds. The molecule has 0 unspecified atom stereocenters. The van der Waals surface area contributed by atoms with Crippen LogP contribution >= 0.6 is 0 Å². The molecule has 0 heterocycles. The topological polar surface area (TPSA) is 26.3 Å². The number of rotatable bonds is 13. The number of carbonyl (C=O) groups is 1. The molecule has 0 saturated carbocycles. The predicted octanol–water partition coefficient (Wildman–Crippen LogP) is 5.10. The van der Waals surface area contributed by atoms with Crippen LogP contribution in [0.15, 0.2) is 24.3 Å². The van der Waals surface area contributed by atoms with Gasteiger partial charge in [0.05, 0.1) is 26.2 Å². The van der Waals surface area contributed by atoms with E-state index < -0.39 is 0 Å². The second kappa shape index (κ2) is 11.2. The van der Waals surface area contributed by atoms with E-state index in [-0.39, 0.29) is 5.78 Å². The smallest absolute Gasteiger partial charge is 0.166 e. The molecular weight excluding hydrogens is 298 g/mol. The molecule has 0 bridgehead atoms. The van der Waals surface area contributed by atoms with Crippen molar-refractivity contribution in [1.29, 1.82) is 0 Å². The van der Waals surface area contributed by atoms with Gasteiger partial charge in [0.1, 0.15) is 18.9 Å². The van der Waals surface area contributed by atoms with E-state index in [4.69, 9.17) is 4.74 Å². The number of para-hydroxylation sites is 1. The van der Waals surface area contributed by atoms with Crippen LogP contribution in [0.3, 0.4) is 0 Å². The van der Waals surface area contributed by atoms with Gasteiger partial charge in [0.2, 0.25) is 0 Å². The normalized spacial score (nSPS) is 11.5. The van der Waals surface area contributed by atoms with E-state index in [9.17, 15) is 4.79 Å². The van der Waals surface area contributed by atoms with Crippen molar-refractivity contribution in [2.45, 2.75) is 58.8 Å². The summed E-state index contributed by atoms with van der Waals surface area (Å²) in [4.78, 5) is 12.0. The number of hydrogen-bond donors (Lipinski definition) is 0. The number of hydrogen-bond acceptors (Lipinski definition) is 2. The highest BCUT2D eigenvalue weighted by molar-refractivity contribution is 5.98. The molecule has 0 aromatic heterocycles. The van der Waals surface area contributed by atoms with Gasteiger partial charge in [0.15, 0.2) is 5.78 Å². The minimum atomic E-state index is 0.145. The Balaban J connectivity index is 2.34. The highest BCUT2D eigenvalue weighted by Crippen LogP contribution is 2.19. The van der Waals surface area contributed by atoms with Crippen LogP contribution in [-0.2, 0) is 0 Å². The molecule has 0 fully saturated rings. The van der Waals surface area contributed by atoms with Gasteiger partial charge in [-0.1, -0.05) is 51.7 Å². The Morgan fingerprint density at radius 1 is 0.958 bits per heavy atom. The number of benzene rings is 1. The lowest BCUT2D eigenvalue weighted by Crippen LogP contribution is -2.43. The highest BCUT2D eigenvalue weighted by Gasteiger charge is 2.16. The largest absolute Gasteiger partial charge is 0.487 e. The van der Waals surface area contributed by atoms with Gasteiger partial charge < -0.3 is 9.22 Å². The van der Waals surface area contributed by atoms with Crippen molar-refractivity contribution >= 4 is 5.78 Å². The first-order valence-corrected chi connectivity index (χ1v) is 9.57. The number of nitrogens with zero attached hydrogens (tertiary/aromatic N) is 1. The van der Waals surface area contributed by atoms with E-state index in [0.717, 1.165) is 16.8 Å². The molecule has 1 aromatic carbocycles. The molecule has 0 spiro atoms. The Morgan fingerprint density at radius 3 is 2.33 bits per heavy atom. The summed E-state index contributed by atoms with van der Waals surface area (Å²) in [7, 11) is 4.52. The number of carbonyl (C=O) groups excluding carboxylic acids is 1. The molecule has 3 heteroatoms. The van der Waals surface area contributed by atoms with Crippen LogP contribution < -0.4 is 4.74 Å². The molecule has 3 nitrogen and oxygen atoms in total. The summed E-state index contributed by atoms with van der Waals surface area (Å²) in [6.07, 6.45) is 8.52. The third kappa shape index (κ3) is 7.96. The molecule has 0 saturated heterocycles. The summed E-state index contributed by atoms with van der Waals surface area (Å²) in [6, 6.07) is 7.58. The van der Waals surface area contributed by atoms with Crippen LogP contribution in [0.1, 0.15) is 69.2 Å². The van der Waals surface area contributed by atoms with Crippen molar-refractivity contribution in [3.63, 3.8) is 0 Å². The molecule has 0 aliphatic carbocycles. The van der Waals surface area contributed by atoms with Crippen LogP contribution in [0.4, 0.5) is 0 Å². The zero-order valence-corrected chi connectivity index (χ0v) is 16.1. The minimum Gasteiger partial charge on any atom is -0.487 e. The second-order valence-electron chi connectivity index (χ2n) is 7.27. The molecule has 1 rings (SSSR count). The molecule has 0 aliphatic rings. The van der Waals surface area contributed by atoms with Gasteiger partial charge in [-0.25, -0.2) is 0 Å². The summed E-state index contributed by atoms with van der Waals surface area (Å²) in [6.45, 7) is 6.94. The summed E-state index contributed by atoms with van der Waals surface area (Å²) < 4.78 is 6.89. The highest BCUT2D eigenvalue weighted by atomic mass is 16.5. The zero-order valence-electron chi connectivity index (χ0n) is 16.1. The van der Waals surface area contributed by atoms with E-state index in [1.807, 2.05) is 31.2 Å². The summed E-state index contributed by atoms with van der Waals surface area (Å²) in [5.41, 5.74) is 0.709. The molecule has 0 N–H and O–H groups in total. The second-order valence-corrected chi connectivity index (χ2v) is 7.27. The Kier molecular flexibility index (Phi) is 9.70. The molecule has 0 radical (unpaired) electrons. The van der Waals surface area contributed by atoms with E-state index in [0.29, 0.717) is 18.6 Å². The van der Waals surface area contributed by atoms with Crippen LogP contribution in [0.25, 0.3) is 0 Å². The van der Waals surface area contributed by atoms with Gasteiger partial charge in [-0.15, -0.1) is 0 Å². The predicted molar refractivity (Wildman–Crippen MR) is 102 cm³/mol. The number of ketones is 1. The quantitative estimate of drug-likeness (QED) is 0.285. The fourth-order valence-electron chi connectivity index (χ4n) is 2.85. The number of Topliss-reactive ketones (excluding diaryl/α,β-unsaturated/α-hetero) is 1. The third-order valence-electron chi connectivity index (χ3n) is 4.58. The van der Waals surface area contributed by atoms with Crippen molar-refractivity contribution in [2.24, 2.45) is 0 Å². The van der Waals surface area contributed by atoms with Crippen molar-refractivity contribution in [3.8, 4) is 5.75 Å². The van der Waals surface area contributed by atoms with Gasteiger partial charge in [0, 0.05) is 6.42 Å². The molecule has 136 valence electrons.